The minimum Gasteiger partial charge on any atom is -0.379 e. The summed E-state index contributed by atoms with van der Waals surface area (Å²) in [6, 6.07) is 16.8. The van der Waals surface area contributed by atoms with Crippen LogP contribution in [-0.2, 0) is 38.9 Å². The molecule has 2 saturated heterocycles. The standard InChI is InChI=1S/C23H31N7O3S.C19H22N6O2S/c1-17-25-15-21(29(17)4)20-9-10-24-22(27-20)26-18-5-7-19(8-6-18)34(31,32)28-23(2,3)16-30-11-13-33-14-12-30;1-13-21-11-17(24(13)4)16-9-10-20-18(23-16)22-14-5-7-15(8-6-14)28(26,27)25-12-19(25,2)3/h5-10,15,28H,11-14,16H2,1-4H3,(H,24,26,27);5-11H,12H2,1-4H3,(H,20,22,23). The van der Waals surface area contributed by atoms with Crippen molar-refractivity contribution in [1.82, 2.24) is 53.0 Å². The van der Waals surface area contributed by atoms with Crippen molar-refractivity contribution in [3.63, 3.8) is 0 Å². The van der Waals surface area contributed by atoms with E-state index in [0.717, 1.165) is 47.5 Å². The molecular formula is C42H53N13O5S2. The number of morpholine rings is 1. The number of nitrogens with zero attached hydrogens (tertiary/aromatic N) is 10. The smallest absolute Gasteiger partial charge is 0.243 e. The van der Waals surface area contributed by atoms with Crippen molar-refractivity contribution in [2.75, 3.05) is 50.0 Å². The quantitative estimate of drug-likeness (QED) is 0.130. The molecule has 8 rings (SSSR count). The van der Waals surface area contributed by atoms with Gasteiger partial charge in [-0.2, -0.15) is 4.31 Å². The predicted molar refractivity (Wildman–Crippen MR) is 237 cm³/mol. The summed E-state index contributed by atoms with van der Waals surface area (Å²) in [6.07, 6.45) is 6.89. The summed E-state index contributed by atoms with van der Waals surface area (Å²) in [5.41, 5.74) is 3.75. The molecule has 0 saturated carbocycles. The van der Waals surface area contributed by atoms with Crippen molar-refractivity contribution >= 4 is 43.3 Å². The molecule has 4 aromatic heterocycles. The Morgan fingerprint density at radius 1 is 0.694 bits per heavy atom. The van der Waals surface area contributed by atoms with Crippen LogP contribution in [0.1, 0.15) is 39.3 Å². The summed E-state index contributed by atoms with van der Waals surface area (Å²) in [7, 11) is -3.26. The van der Waals surface area contributed by atoms with E-state index in [1.807, 2.05) is 76.9 Å². The van der Waals surface area contributed by atoms with Gasteiger partial charge in [-0.1, -0.05) is 0 Å². The first-order valence-corrected chi connectivity index (χ1v) is 23.0. The van der Waals surface area contributed by atoms with Crippen LogP contribution in [0.4, 0.5) is 23.3 Å². The number of hydrogen-bond donors (Lipinski definition) is 3. The molecule has 2 aliphatic rings. The zero-order valence-corrected chi connectivity index (χ0v) is 37.8. The summed E-state index contributed by atoms with van der Waals surface area (Å²) in [6.45, 7) is 15.6. The van der Waals surface area contributed by atoms with E-state index in [1.54, 1.807) is 73.3 Å². The lowest BCUT2D eigenvalue weighted by molar-refractivity contribution is 0.0290. The average molecular weight is 884 g/mol. The Morgan fingerprint density at radius 2 is 1.15 bits per heavy atom. The lowest BCUT2D eigenvalue weighted by Gasteiger charge is -2.35. The molecule has 3 N–H and O–H groups in total. The van der Waals surface area contributed by atoms with Crippen molar-refractivity contribution in [3.05, 3.63) is 97.1 Å². The number of aryl methyl sites for hydroxylation is 2. The van der Waals surface area contributed by atoms with Gasteiger partial charge in [0, 0.05) is 75.1 Å². The van der Waals surface area contributed by atoms with E-state index >= 15 is 0 Å². The summed E-state index contributed by atoms with van der Waals surface area (Å²) < 4.78 is 64.8. The molecule has 6 heterocycles. The van der Waals surface area contributed by atoms with Gasteiger partial charge < -0.3 is 24.5 Å². The highest BCUT2D eigenvalue weighted by Crippen LogP contribution is 2.38. The number of imidazole rings is 2. The fourth-order valence-electron chi connectivity index (χ4n) is 6.92. The normalized spacial score (nSPS) is 16.6. The van der Waals surface area contributed by atoms with E-state index in [0.29, 0.717) is 49.6 Å². The summed E-state index contributed by atoms with van der Waals surface area (Å²) in [4.78, 5) is 28.9. The molecule has 20 heteroatoms. The SMILES string of the molecule is Cc1ncc(-c2ccnc(Nc3ccc(S(=O)(=O)N4CC4(C)C)cc3)n2)n1C.Cc1ncc(-c2ccnc(Nc3ccc(S(=O)(=O)NC(C)(C)CN4CCOCC4)cc3)n2)n1C. The monoisotopic (exact) mass is 883 g/mol. The molecule has 1 atom stereocenters. The van der Waals surface area contributed by atoms with E-state index in [9.17, 15) is 16.8 Å². The minimum absolute atomic E-state index is 0.202. The van der Waals surface area contributed by atoms with Gasteiger partial charge in [0.2, 0.25) is 31.9 Å². The number of rotatable bonds is 13. The highest BCUT2D eigenvalue weighted by atomic mass is 32.2. The fourth-order valence-corrected chi connectivity index (χ4v) is 10.2. The maximum absolute atomic E-state index is 13.0. The molecule has 2 fully saturated rings. The Balaban J connectivity index is 0.000000190. The van der Waals surface area contributed by atoms with Crippen molar-refractivity contribution in [2.45, 2.75) is 62.4 Å². The van der Waals surface area contributed by atoms with Gasteiger partial charge in [-0.15, -0.1) is 0 Å². The third-order valence-corrected chi connectivity index (χ3v) is 14.4. The maximum Gasteiger partial charge on any atom is 0.243 e. The van der Waals surface area contributed by atoms with E-state index in [-0.39, 0.29) is 15.3 Å². The van der Waals surface area contributed by atoms with E-state index in [1.165, 1.54) is 4.31 Å². The van der Waals surface area contributed by atoms with E-state index < -0.39 is 25.6 Å². The first kappa shape index (κ1) is 44.4. The molecule has 0 radical (unpaired) electrons. The Morgan fingerprint density at radius 3 is 1.56 bits per heavy atom. The highest BCUT2D eigenvalue weighted by molar-refractivity contribution is 7.89. The van der Waals surface area contributed by atoms with Gasteiger partial charge in [0.05, 0.1) is 58.2 Å². The lowest BCUT2D eigenvalue weighted by atomic mass is 10.1. The molecule has 2 aromatic carbocycles. The summed E-state index contributed by atoms with van der Waals surface area (Å²) >= 11 is 0. The molecule has 62 heavy (non-hydrogen) atoms. The largest absolute Gasteiger partial charge is 0.379 e. The van der Waals surface area contributed by atoms with Crippen LogP contribution in [0, 0.1) is 13.8 Å². The molecule has 0 aliphatic carbocycles. The molecule has 6 aromatic rings. The first-order chi connectivity index (χ1) is 29.3. The number of anilines is 4. The van der Waals surface area contributed by atoms with Crippen molar-refractivity contribution < 1.29 is 21.6 Å². The molecule has 18 nitrogen and oxygen atoms in total. The average Bonchev–Trinajstić information content (AvgIpc) is 3.59. The Hall–Kier alpha value is -5.64. The molecule has 2 aliphatic heterocycles. The van der Waals surface area contributed by atoms with Gasteiger partial charge in [-0.05, 0) is 102 Å². The maximum atomic E-state index is 13.0. The van der Waals surface area contributed by atoms with Gasteiger partial charge in [0.25, 0.3) is 0 Å². The van der Waals surface area contributed by atoms with Gasteiger partial charge >= 0.3 is 0 Å². The highest BCUT2D eigenvalue weighted by Gasteiger charge is 2.51. The molecular weight excluding hydrogens is 831 g/mol. The summed E-state index contributed by atoms with van der Waals surface area (Å²) in [5, 5.41) is 6.26. The molecule has 0 amide bonds. The van der Waals surface area contributed by atoms with Crippen molar-refractivity contribution in [3.8, 4) is 22.8 Å². The second kappa shape index (κ2) is 17.6. The van der Waals surface area contributed by atoms with Crippen molar-refractivity contribution in [2.24, 2.45) is 14.1 Å². The number of aromatic nitrogens is 8. The van der Waals surface area contributed by atoms with Gasteiger partial charge in [0.15, 0.2) is 0 Å². The second-order valence-electron chi connectivity index (χ2n) is 16.5. The third-order valence-electron chi connectivity index (χ3n) is 10.6. The number of benzene rings is 2. The van der Waals surface area contributed by atoms with Gasteiger partial charge in [0.1, 0.15) is 11.6 Å². The van der Waals surface area contributed by atoms with Crippen LogP contribution >= 0.6 is 0 Å². The van der Waals surface area contributed by atoms with E-state index in [4.69, 9.17) is 4.74 Å². The fraction of sp³-hybridized carbons (Fsp3) is 0.381. The number of hydrogen-bond acceptors (Lipinski definition) is 14. The minimum atomic E-state index is -3.68. The van der Waals surface area contributed by atoms with Crippen LogP contribution in [0.15, 0.2) is 95.2 Å². The van der Waals surface area contributed by atoms with Crippen LogP contribution in [0.5, 0.6) is 0 Å². The van der Waals surface area contributed by atoms with E-state index in [2.05, 4.69) is 50.2 Å². The van der Waals surface area contributed by atoms with Crippen LogP contribution < -0.4 is 15.4 Å². The summed E-state index contributed by atoms with van der Waals surface area (Å²) in [5.74, 6) is 2.63. The number of nitrogens with one attached hydrogen (secondary N) is 3. The van der Waals surface area contributed by atoms with Crippen LogP contribution in [0.3, 0.4) is 0 Å². The zero-order valence-electron chi connectivity index (χ0n) is 36.2. The lowest BCUT2D eigenvalue weighted by Crippen LogP contribution is -2.53. The molecule has 1 unspecified atom stereocenters. The Labute approximate surface area is 363 Å². The molecule has 0 spiro atoms. The topological polar surface area (TPSA) is 207 Å². The predicted octanol–water partition coefficient (Wildman–Crippen LogP) is 5.03. The Bertz CT molecular complexity index is 2750. The third kappa shape index (κ3) is 10.3. The Kier molecular flexibility index (Phi) is 12.6. The second-order valence-corrected chi connectivity index (χ2v) is 20.1. The molecule has 328 valence electrons. The van der Waals surface area contributed by atoms with Crippen molar-refractivity contribution in [1.29, 1.82) is 0 Å². The van der Waals surface area contributed by atoms with Crippen LogP contribution in [0.2, 0.25) is 0 Å². The number of sulfonamides is 2. The number of ether oxygens (including phenoxy) is 1. The van der Waals surface area contributed by atoms with Crippen LogP contribution in [0.25, 0.3) is 22.8 Å². The molecule has 0 bridgehead atoms. The van der Waals surface area contributed by atoms with Crippen LogP contribution in [-0.4, -0.2) is 116 Å². The zero-order chi connectivity index (χ0) is 44.5. The van der Waals surface area contributed by atoms with Gasteiger partial charge in [-0.3, -0.25) is 4.90 Å². The first-order valence-electron chi connectivity index (χ1n) is 20.1. The van der Waals surface area contributed by atoms with Gasteiger partial charge in [-0.25, -0.2) is 51.5 Å².